The Morgan fingerprint density at radius 2 is 1.78 bits per heavy atom. The SMILES string of the molecule is COc1ccc(S(=O)(=O)N(CC(=O)N/N=C\c2cccc(Br)c2)c2ccc(C)cc2)cc1. The van der Waals surface area contributed by atoms with Gasteiger partial charge in [0.25, 0.3) is 15.9 Å². The lowest BCUT2D eigenvalue weighted by Crippen LogP contribution is -2.39. The maximum Gasteiger partial charge on any atom is 0.264 e. The molecule has 0 atom stereocenters. The lowest BCUT2D eigenvalue weighted by atomic mass is 10.2. The lowest BCUT2D eigenvalue weighted by molar-refractivity contribution is -0.119. The molecule has 0 aliphatic carbocycles. The molecule has 3 aromatic carbocycles. The van der Waals surface area contributed by atoms with Gasteiger partial charge in [-0.25, -0.2) is 13.8 Å². The molecule has 0 saturated heterocycles. The van der Waals surface area contributed by atoms with E-state index < -0.39 is 22.5 Å². The highest BCUT2D eigenvalue weighted by atomic mass is 79.9. The fourth-order valence-corrected chi connectivity index (χ4v) is 4.67. The Balaban J connectivity index is 1.84. The van der Waals surface area contributed by atoms with Crippen molar-refractivity contribution in [3.8, 4) is 5.75 Å². The molecule has 3 rings (SSSR count). The molecule has 9 heteroatoms. The van der Waals surface area contributed by atoms with Crippen molar-refractivity contribution in [1.29, 1.82) is 0 Å². The van der Waals surface area contributed by atoms with Gasteiger partial charge in [-0.3, -0.25) is 9.10 Å². The molecule has 0 heterocycles. The van der Waals surface area contributed by atoms with Crippen LogP contribution in [0.25, 0.3) is 0 Å². The summed E-state index contributed by atoms with van der Waals surface area (Å²) in [6.07, 6.45) is 1.48. The number of methoxy groups -OCH3 is 1. The first-order valence-corrected chi connectivity index (χ1v) is 11.8. The van der Waals surface area contributed by atoms with Crippen molar-refractivity contribution < 1.29 is 17.9 Å². The van der Waals surface area contributed by atoms with E-state index in [1.165, 1.54) is 25.5 Å². The van der Waals surface area contributed by atoms with E-state index in [0.29, 0.717) is 11.4 Å². The Morgan fingerprint density at radius 1 is 1.09 bits per heavy atom. The first kappa shape index (κ1) is 23.5. The summed E-state index contributed by atoms with van der Waals surface area (Å²) in [7, 11) is -2.51. The molecule has 0 aromatic heterocycles. The van der Waals surface area contributed by atoms with Gasteiger partial charge in [-0.15, -0.1) is 0 Å². The number of benzene rings is 3. The highest BCUT2D eigenvalue weighted by molar-refractivity contribution is 9.10. The number of hydrazone groups is 1. The summed E-state index contributed by atoms with van der Waals surface area (Å²) in [6.45, 7) is 1.46. The van der Waals surface area contributed by atoms with Gasteiger partial charge < -0.3 is 4.74 Å². The molecule has 0 aliphatic heterocycles. The topological polar surface area (TPSA) is 88.1 Å². The van der Waals surface area contributed by atoms with Crippen LogP contribution in [0.2, 0.25) is 0 Å². The summed E-state index contributed by atoms with van der Waals surface area (Å²) >= 11 is 3.37. The monoisotopic (exact) mass is 515 g/mol. The molecular weight excluding hydrogens is 494 g/mol. The van der Waals surface area contributed by atoms with Gasteiger partial charge in [0, 0.05) is 4.47 Å². The van der Waals surface area contributed by atoms with E-state index in [4.69, 9.17) is 4.74 Å². The number of halogens is 1. The van der Waals surface area contributed by atoms with Crippen molar-refractivity contribution in [3.63, 3.8) is 0 Å². The van der Waals surface area contributed by atoms with Crippen LogP contribution in [-0.2, 0) is 14.8 Å². The number of amides is 1. The second-order valence-corrected chi connectivity index (χ2v) is 9.65. The van der Waals surface area contributed by atoms with Gasteiger partial charge >= 0.3 is 0 Å². The highest BCUT2D eigenvalue weighted by Gasteiger charge is 2.27. The summed E-state index contributed by atoms with van der Waals surface area (Å²) in [4.78, 5) is 12.6. The van der Waals surface area contributed by atoms with E-state index in [1.54, 1.807) is 36.4 Å². The summed E-state index contributed by atoms with van der Waals surface area (Å²) < 4.78 is 33.7. The van der Waals surface area contributed by atoms with Crippen molar-refractivity contribution in [1.82, 2.24) is 5.43 Å². The van der Waals surface area contributed by atoms with Crippen LogP contribution in [0, 0.1) is 6.92 Å². The predicted octanol–water partition coefficient (Wildman–Crippen LogP) is 4.11. The van der Waals surface area contributed by atoms with Crippen molar-refractivity contribution in [3.05, 3.63) is 88.4 Å². The quantitative estimate of drug-likeness (QED) is 0.361. The minimum atomic E-state index is -4.01. The zero-order chi connectivity index (χ0) is 23.1. The first-order valence-electron chi connectivity index (χ1n) is 9.60. The van der Waals surface area contributed by atoms with Crippen LogP contribution in [-0.4, -0.2) is 34.2 Å². The van der Waals surface area contributed by atoms with E-state index in [-0.39, 0.29) is 4.90 Å². The number of nitrogens with zero attached hydrogens (tertiary/aromatic N) is 2. The van der Waals surface area contributed by atoms with Gasteiger partial charge in [0.05, 0.1) is 23.9 Å². The molecule has 0 bridgehead atoms. The second kappa shape index (κ2) is 10.4. The second-order valence-electron chi connectivity index (χ2n) is 6.87. The van der Waals surface area contributed by atoms with Gasteiger partial charge in [0.2, 0.25) is 0 Å². The van der Waals surface area contributed by atoms with Gasteiger partial charge in [0.1, 0.15) is 12.3 Å². The fraction of sp³-hybridized carbons (Fsp3) is 0.130. The Hall–Kier alpha value is -3.17. The fourth-order valence-electron chi connectivity index (χ4n) is 2.83. The van der Waals surface area contributed by atoms with Crippen LogP contribution in [0.1, 0.15) is 11.1 Å². The third-order valence-corrected chi connectivity index (χ3v) is 6.79. The predicted molar refractivity (Wildman–Crippen MR) is 129 cm³/mol. The number of rotatable bonds is 8. The van der Waals surface area contributed by atoms with Crippen molar-refractivity contribution in [2.24, 2.45) is 5.10 Å². The molecule has 0 fully saturated rings. The largest absolute Gasteiger partial charge is 0.497 e. The number of ether oxygens (including phenoxy) is 1. The molecule has 1 amide bonds. The van der Waals surface area contributed by atoms with E-state index in [0.717, 1.165) is 19.9 Å². The van der Waals surface area contributed by atoms with Gasteiger partial charge in [0.15, 0.2) is 0 Å². The minimum absolute atomic E-state index is 0.0457. The van der Waals surface area contributed by atoms with E-state index in [9.17, 15) is 13.2 Å². The summed E-state index contributed by atoms with van der Waals surface area (Å²) in [6, 6.07) is 20.3. The number of nitrogens with one attached hydrogen (secondary N) is 1. The van der Waals surface area contributed by atoms with Crippen LogP contribution < -0.4 is 14.5 Å². The third-order valence-electron chi connectivity index (χ3n) is 4.51. The number of sulfonamides is 1. The average molecular weight is 516 g/mol. The van der Waals surface area contributed by atoms with E-state index in [2.05, 4.69) is 26.5 Å². The maximum absolute atomic E-state index is 13.3. The van der Waals surface area contributed by atoms with E-state index in [1.807, 2.05) is 31.2 Å². The molecule has 0 radical (unpaired) electrons. The summed E-state index contributed by atoms with van der Waals surface area (Å²) in [5.41, 5.74) is 4.52. The molecular formula is C23H22BrN3O4S. The molecule has 0 spiro atoms. The van der Waals surface area contributed by atoms with Gasteiger partial charge in [-0.2, -0.15) is 5.10 Å². The molecule has 166 valence electrons. The van der Waals surface area contributed by atoms with Gasteiger partial charge in [-0.05, 0) is 61.0 Å². The zero-order valence-electron chi connectivity index (χ0n) is 17.5. The zero-order valence-corrected chi connectivity index (χ0v) is 19.9. The molecule has 0 unspecified atom stereocenters. The van der Waals surface area contributed by atoms with Gasteiger partial charge in [-0.1, -0.05) is 45.8 Å². The van der Waals surface area contributed by atoms with Crippen molar-refractivity contribution in [2.75, 3.05) is 18.0 Å². The molecule has 3 aromatic rings. The number of hydrogen-bond acceptors (Lipinski definition) is 5. The van der Waals surface area contributed by atoms with Crippen LogP contribution >= 0.6 is 15.9 Å². The number of carbonyl (C=O) groups excluding carboxylic acids is 1. The Morgan fingerprint density at radius 3 is 2.41 bits per heavy atom. The standard InChI is InChI=1S/C23H22BrN3O4S/c1-17-6-8-20(9-7-17)27(32(29,30)22-12-10-21(31-2)11-13-22)16-23(28)26-25-15-18-4-3-5-19(24)14-18/h3-15H,16H2,1-2H3,(H,26,28)/b25-15-. The normalized spacial score (nSPS) is 11.3. The lowest BCUT2D eigenvalue weighted by Gasteiger charge is -2.24. The first-order chi connectivity index (χ1) is 15.3. The Kier molecular flexibility index (Phi) is 7.66. The third kappa shape index (κ3) is 5.95. The van der Waals surface area contributed by atoms with Crippen LogP contribution in [0.15, 0.2) is 87.3 Å². The molecule has 0 saturated carbocycles. The number of anilines is 1. The minimum Gasteiger partial charge on any atom is -0.497 e. The average Bonchev–Trinajstić information content (AvgIpc) is 2.78. The van der Waals surface area contributed by atoms with Crippen LogP contribution in [0.4, 0.5) is 5.69 Å². The Labute approximate surface area is 195 Å². The smallest absolute Gasteiger partial charge is 0.264 e. The number of hydrogen-bond donors (Lipinski definition) is 1. The van der Waals surface area contributed by atoms with Crippen LogP contribution in [0.3, 0.4) is 0 Å². The van der Waals surface area contributed by atoms with Crippen molar-refractivity contribution in [2.45, 2.75) is 11.8 Å². The molecule has 7 nitrogen and oxygen atoms in total. The highest BCUT2D eigenvalue weighted by Crippen LogP contribution is 2.25. The number of aryl methyl sites for hydroxylation is 1. The summed E-state index contributed by atoms with van der Waals surface area (Å²) in [5.74, 6) is -0.0422. The molecule has 0 aliphatic rings. The number of carbonyl (C=O) groups is 1. The molecule has 1 N–H and O–H groups in total. The van der Waals surface area contributed by atoms with Crippen LogP contribution in [0.5, 0.6) is 5.75 Å². The Bertz CT molecular complexity index is 1210. The van der Waals surface area contributed by atoms with E-state index >= 15 is 0 Å². The van der Waals surface area contributed by atoms with Crippen molar-refractivity contribution >= 4 is 43.8 Å². The molecule has 32 heavy (non-hydrogen) atoms. The maximum atomic E-state index is 13.3. The summed E-state index contributed by atoms with van der Waals surface area (Å²) in [5, 5.41) is 3.94.